The first-order valence-electron chi connectivity index (χ1n) is 7.08. The van der Waals surface area contributed by atoms with E-state index in [2.05, 4.69) is 0 Å². The van der Waals surface area contributed by atoms with E-state index in [-0.39, 0.29) is 17.9 Å². The lowest BCUT2D eigenvalue weighted by atomic mass is 10.1. The van der Waals surface area contributed by atoms with Gasteiger partial charge in [-0.05, 0) is 37.1 Å². The molecule has 23 heavy (non-hydrogen) atoms. The topological polar surface area (TPSA) is 108 Å². The number of ether oxygens (including phenoxy) is 1. The first-order valence-corrected chi connectivity index (χ1v) is 8.52. The maximum atomic E-state index is 12.8. The number of rotatable bonds is 4. The Morgan fingerprint density at radius 2 is 2.13 bits per heavy atom. The van der Waals surface area contributed by atoms with E-state index >= 15 is 0 Å². The van der Waals surface area contributed by atoms with Gasteiger partial charge in [0, 0.05) is 13.0 Å². The molecule has 0 spiro atoms. The fourth-order valence-electron chi connectivity index (χ4n) is 2.47. The van der Waals surface area contributed by atoms with Gasteiger partial charge >= 0.3 is 5.97 Å². The summed E-state index contributed by atoms with van der Waals surface area (Å²) in [6, 6.07) is 5.24. The predicted octanol–water partition coefficient (Wildman–Crippen LogP) is 0.494. The molecule has 0 saturated carbocycles. The van der Waals surface area contributed by atoms with Crippen molar-refractivity contribution in [1.29, 1.82) is 5.26 Å². The van der Waals surface area contributed by atoms with Crippen molar-refractivity contribution in [3.8, 4) is 6.07 Å². The van der Waals surface area contributed by atoms with Crippen molar-refractivity contribution < 1.29 is 23.1 Å². The van der Waals surface area contributed by atoms with Gasteiger partial charge in [0.15, 0.2) is 6.61 Å². The van der Waals surface area contributed by atoms with Gasteiger partial charge in [0.05, 0.1) is 11.0 Å². The average Bonchev–Trinajstić information content (AvgIpc) is 2.90. The predicted molar refractivity (Wildman–Crippen MR) is 80.8 cm³/mol. The van der Waals surface area contributed by atoms with E-state index in [1.165, 1.54) is 12.1 Å². The number of aryl methyl sites for hydroxylation is 2. The fraction of sp³-hybridized carbons (Fsp3) is 0.467. The lowest BCUT2D eigenvalue weighted by Gasteiger charge is -2.22. The Labute approximate surface area is 135 Å². The van der Waals surface area contributed by atoms with Crippen LogP contribution in [0.4, 0.5) is 0 Å². The third-order valence-electron chi connectivity index (χ3n) is 3.87. The Kier molecular flexibility index (Phi) is 5.04. The summed E-state index contributed by atoms with van der Waals surface area (Å²) < 4.78 is 31.2. The van der Waals surface area contributed by atoms with Gasteiger partial charge in [-0.1, -0.05) is 6.07 Å². The Bertz CT molecular complexity index is 754. The Hall–Kier alpha value is -1.95. The van der Waals surface area contributed by atoms with E-state index < -0.39 is 34.7 Å². The molecule has 124 valence electrons. The van der Waals surface area contributed by atoms with Gasteiger partial charge in [-0.25, -0.2) is 8.42 Å². The van der Waals surface area contributed by atoms with E-state index in [4.69, 9.17) is 10.00 Å². The summed E-state index contributed by atoms with van der Waals surface area (Å²) in [5.41, 5.74) is 1.77. The molecule has 2 rings (SSSR count). The lowest BCUT2D eigenvalue weighted by molar-refractivity contribution is -0.146. The SMILES string of the molecule is Cc1ccc(S(=O)(=O)N2C[C@@H](O)C[C@H]2C(=O)OCC#N)cc1C. The number of sulfonamides is 1. The number of benzene rings is 1. The molecule has 1 aromatic carbocycles. The third kappa shape index (κ3) is 3.52. The Balaban J connectivity index is 2.34. The van der Waals surface area contributed by atoms with Gasteiger partial charge in [-0.15, -0.1) is 0 Å². The molecule has 0 aromatic heterocycles. The van der Waals surface area contributed by atoms with Gasteiger partial charge in [0.2, 0.25) is 10.0 Å². The number of carbonyl (C=O) groups is 1. The standard InChI is InChI=1S/C15H18N2O5S/c1-10-3-4-13(7-11(10)2)23(20,21)17-9-12(18)8-14(17)15(19)22-6-5-16/h3-4,7,12,14,18H,6,8-9H2,1-2H3/t12-,14-/m0/s1. The summed E-state index contributed by atoms with van der Waals surface area (Å²) in [6.07, 6.45) is -0.995. The highest BCUT2D eigenvalue weighted by atomic mass is 32.2. The number of hydrogen-bond acceptors (Lipinski definition) is 6. The zero-order chi connectivity index (χ0) is 17.2. The second kappa shape index (κ2) is 6.66. The summed E-state index contributed by atoms with van der Waals surface area (Å²) in [4.78, 5) is 12.0. The van der Waals surface area contributed by atoms with Crippen LogP contribution in [0, 0.1) is 25.2 Å². The normalized spacial score (nSPS) is 21.8. The summed E-state index contributed by atoms with van der Waals surface area (Å²) in [5.74, 6) is -0.824. The van der Waals surface area contributed by atoms with Gasteiger partial charge < -0.3 is 9.84 Å². The van der Waals surface area contributed by atoms with Crippen molar-refractivity contribution in [3.63, 3.8) is 0 Å². The molecule has 1 saturated heterocycles. The minimum absolute atomic E-state index is 0.0473. The minimum atomic E-state index is -3.94. The van der Waals surface area contributed by atoms with E-state index in [0.717, 1.165) is 15.4 Å². The van der Waals surface area contributed by atoms with Crippen LogP contribution >= 0.6 is 0 Å². The monoisotopic (exact) mass is 338 g/mol. The van der Waals surface area contributed by atoms with Crippen LogP contribution in [0.25, 0.3) is 0 Å². The zero-order valence-electron chi connectivity index (χ0n) is 12.9. The van der Waals surface area contributed by atoms with Crippen molar-refractivity contribution in [2.75, 3.05) is 13.2 Å². The molecule has 0 bridgehead atoms. The van der Waals surface area contributed by atoms with Gasteiger partial charge in [-0.3, -0.25) is 4.79 Å². The molecule has 1 heterocycles. The van der Waals surface area contributed by atoms with Gasteiger partial charge in [-0.2, -0.15) is 9.57 Å². The molecule has 0 unspecified atom stereocenters. The number of hydrogen-bond donors (Lipinski definition) is 1. The van der Waals surface area contributed by atoms with Crippen molar-refractivity contribution in [1.82, 2.24) is 4.31 Å². The fourth-order valence-corrected chi connectivity index (χ4v) is 4.19. The summed E-state index contributed by atoms with van der Waals surface area (Å²) in [6.45, 7) is 3.03. The number of aliphatic hydroxyl groups is 1. The van der Waals surface area contributed by atoms with Crippen LogP contribution in [-0.2, 0) is 19.6 Å². The first-order chi connectivity index (χ1) is 10.8. The van der Waals surface area contributed by atoms with Crippen LogP contribution in [0.5, 0.6) is 0 Å². The molecule has 1 N–H and O–H groups in total. The third-order valence-corrected chi connectivity index (χ3v) is 5.74. The number of nitriles is 1. The van der Waals surface area contributed by atoms with Crippen LogP contribution in [0.1, 0.15) is 17.5 Å². The maximum Gasteiger partial charge on any atom is 0.325 e. The molecule has 1 aromatic rings. The molecule has 7 nitrogen and oxygen atoms in total. The molecule has 1 aliphatic rings. The van der Waals surface area contributed by atoms with Crippen LogP contribution in [0.3, 0.4) is 0 Å². The molecule has 1 aliphatic heterocycles. The van der Waals surface area contributed by atoms with E-state index in [1.54, 1.807) is 19.1 Å². The Morgan fingerprint density at radius 3 is 2.74 bits per heavy atom. The molecule has 0 amide bonds. The number of β-amino-alcohol motifs (C(OH)–C–C–N with tert-alkyl or cyclic N) is 1. The van der Waals surface area contributed by atoms with Crippen molar-refractivity contribution in [2.24, 2.45) is 0 Å². The smallest absolute Gasteiger partial charge is 0.325 e. The lowest BCUT2D eigenvalue weighted by Crippen LogP contribution is -2.41. The van der Waals surface area contributed by atoms with Gasteiger partial charge in [0.25, 0.3) is 0 Å². The van der Waals surface area contributed by atoms with Crippen molar-refractivity contribution >= 4 is 16.0 Å². The van der Waals surface area contributed by atoms with Gasteiger partial charge in [0.1, 0.15) is 12.1 Å². The number of nitrogens with zero attached hydrogens (tertiary/aromatic N) is 2. The van der Waals surface area contributed by atoms with Crippen LogP contribution in [-0.4, -0.2) is 49.1 Å². The number of aliphatic hydroxyl groups excluding tert-OH is 1. The highest BCUT2D eigenvalue weighted by Gasteiger charge is 2.44. The molecule has 0 aliphatic carbocycles. The quantitative estimate of drug-likeness (QED) is 0.801. The second-order valence-corrected chi connectivity index (χ2v) is 7.38. The highest BCUT2D eigenvalue weighted by molar-refractivity contribution is 7.89. The van der Waals surface area contributed by atoms with Crippen molar-refractivity contribution in [2.45, 2.75) is 37.3 Å². The van der Waals surface area contributed by atoms with E-state index in [0.29, 0.717) is 0 Å². The second-order valence-electron chi connectivity index (χ2n) is 5.49. The summed E-state index contributed by atoms with van der Waals surface area (Å²) >= 11 is 0. The number of carbonyl (C=O) groups excluding carboxylic acids is 1. The minimum Gasteiger partial charge on any atom is -0.449 e. The Morgan fingerprint density at radius 1 is 1.43 bits per heavy atom. The summed E-state index contributed by atoms with van der Waals surface area (Å²) in [5, 5.41) is 18.2. The highest BCUT2D eigenvalue weighted by Crippen LogP contribution is 2.28. The maximum absolute atomic E-state index is 12.8. The molecule has 0 radical (unpaired) electrons. The molecule has 1 fully saturated rings. The molecular formula is C15H18N2O5S. The largest absolute Gasteiger partial charge is 0.449 e. The zero-order valence-corrected chi connectivity index (χ0v) is 13.7. The summed E-state index contributed by atoms with van der Waals surface area (Å²) in [7, 11) is -3.94. The van der Waals surface area contributed by atoms with Crippen molar-refractivity contribution in [3.05, 3.63) is 29.3 Å². The number of esters is 1. The van der Waals surface area contributed by atoms with Crippen LogP contribution in [0.2, 0.25) is 0 Å². The van der Waals surface area contributed by atoms with Crippen LogP contribution in [0.15, 0.2) is 23.1 Å². The first kappa shape index (κ1) is 17.4. The molecule has 8 heteroatoms. The average molecular weight is 338 g/mol. The van der Waals surface area contributed by atoms with Crippen LogP contribution < -0.4 is 0 Å². The van der Waals surface area contributed by atoms with E-state index in [1.807, 2.05) is 6.92 Å². The van der Waals surface area contributed by atoms with E-state index in [9.17, 15) is 18.3 Å². The molecule has 2 atom stereocenters. The molecular weight excluding hydrogens is 320 g/mol.